The number of carbonyl (C=O) groups is 2. The fourth-order valence-corrected chi connectivity index (χ4v) is 1.55. The first-order valence-electron chi connectivity index (χ1n) is 5.53. The Labute approximate surface area is 104 Å². The maximum absolute atomic E-state index is 11.3. The van der Waals surface area contributed by atoms with E-state index < -0.39 is 11.9 Å². The monoisotopic (exact) mass is 248 g/mol. The minimum Gasteiger partial charge on any atom is -0.481 e. The van der Waals surface area contributed by atoms with Crippen LogP contribution < -0.4 is 4.74 Å². The maximum atomic E-state index is 11.3. The molecule has 1 aromatic carbocycles. The molecule has 1 aliphatic rings. The van der Waals surface area contributed by atoms with E-state index in [-0.39, 0.29) is 18.8 Å². The smallest absolute Gasteiger partial charge is 0.314 e. The van der Waals surface area contributed by atoms with Crippen molar-refractivity contribution in [2.24, 2.45) is 0 Å². The number of hydrogen-bond acceptors (Lipinski definition) is 4. The zero-order valence-electron chi connectivity index (χ0n) is 9.59. The molecule has 0 saturated carbocycles. The van der Waals surface area contributed by atoms with Gasteiger partial charge in [0.25, 0.3) is 5.95 Å². The number of carboxylic acids is 1. The zero-order chi connectivity index (χ0) is 13.0. The highest BCUT2D eigenvalue weighted by atomic mass is 16.7. The van der Waals surface area contributed by atoms with E-state index in [1.54, 1.807) is 12.1 Å². The van der Waals surface area contributed by atoms with Crippen LogP contribution in [0.2, 0.25) is 0 Å². The highest BCUT2D eigenvalue weighted by molar-refractivity contribution is 5.77. The Balaban J connectivity index is 1.91. The Kier molecular flexibility index (Phi) is 3.62. The molecule has 0 spiro atoms. The second-order valence-corrected chi connectivity index (χ2v) is 3.80. The molecular weight excluding hydrogens is 236 g/mol. The Morgan fingerprint density at radius 2 is 2.06 bits per heavy atom. The van der Waals surface area contributed by atoms with Crippen molar-refractivity contribution in [2.75, 3.05) is 0 Å². The Morgan fingerprint density at radius 3 is 2.83 bits per heavy atom. The zero-order valence-corrected chi connectivity index (χ0v) is 9.59. The number of fused-ring (bicyclic) bond motifs is 1. The van der Waals surface area contributed by atoms with E-state index in [4.69, 9.17) is 14.6 Å². The third-order valence-corrected chi connectivity index (χ3v) is 2.43. The first kappa shape index (κ1) is 12.2. The van der Waals surface area contributed by atoms with Gasteiger partial charge in [0.2, 0.25) is 0 Å². The van der Waals surface area contributed by atoms with Gasteiger partial charge in [-0.1, -0.05) is 18.2 Å². The summed E-state index contributed by atoms with van der Waals surface area (Å²) in [6.07, 6.45) is 1.86. The second-order valence-electron chi connectivity index (χ2n) is 3.80. The molecule has 0 bridgehead atoms. The highest BCUT2D eigenvalue weighted by Crippen LogP contribution is 2.26. The summed E-state index contributed by atoms with van der Waals surface area (Å²) in [7, 11) is 0. The largest absolute Gasteiger partial charge is 0.481 e. The number of para-hydroxylation sites is 1. The van der Waals surface area contributed by atoms with Crippen LogP contribution in [0.4, 0.5) is 0 Å². The van der Waals surface area contributed by atoms with Gasteiger partial charge in [-0.25, -0.2) is 0 Å². The van der Waals surface area contributed by atoms with Crippen molar-refractivity contribution in [2.45, 2.75) is 19.3 Å². The standard InChI is InChI=1S/C13H12O5/c14-11(15)6-7-12(16)18-13-8-5-9-3-1-2-4-10(9)17-13/h1-4,8H,5-7H2,(H,14,15). The topological polar surface area (TPSA) is 72.8 Å². The molecule has 0 aliphatic carbocycles. The summed E-state index contributed by atoms with van der Waals surface area (Å²) in [5.41, 5.74) is 1.02. The molecule has 0 radical (unpaired) electrons. The summed E-state index contributed by atoms with van der Waals surface area (Å²) in [5.74, 6) is -0.871. The summed E-state index contributed by atoms with van der Waals surface area (Å²) in [5, 5.41) is 8.44. The molecule has 0 atom stereocenters. The van der Waals surface area contributed by atoms with Crippen molar-refractivity contribution in [3.8, 4) is 5.75 Å². The normalized spacial score (nSPS) is 13.0. The lowest BCUT2D eigenvalue weighted by atomic mass is 10.1. The molecule has 0 aromatic heterocycles. The fourth-order valence-electron chi connectivity index (χ4n) is 1.55. The lowest BCUT2D eigenvalue weighted by molar-refractivity contribution is -0.147. The van der Waals surface area contributed by atoms with Crippen LogP contribution in [-0.2, 0) is 20.7 Å². The van der Waals surface area contributed by atoms with Crippen LogP contribution in [-0.4, -0.2) is 17.0 Å². The van der Waals surface area contributed by atoms with Gasteiger partial charge >= 0.3 is 11.9 Å². The number of carboxylic acid groups (broad SMARTS) is 1. The van der Waals surface area contributed by atoms with Gasteiger partial charge in [0.15, 0.2) is 0 Å². The Bertz CT molecular complexity index is 504. The van der Waals surface area contributed by atoms with Crippen molar-refractivity contribution < 1.29 is 24.2 Å². The molecule has 0 unspecified atom stereocenters. The number of benzene rings is 1. The van der Waals surface area contributed by atoms with Crippen LogP contribution in [0.5, 0.6) is 5.75 Å². The number of allylic oxidation sites excluding steroid dienone is 1. The van der Waals surface area contributed by atoms with Gasteiger partial charge in [-0.05, 0) is 11.6 Å². The number of ether oxygens (including phenoxy) is 2. The molecule has 0 saturated heterocycles. The Hall–Kier alpha value is -2.30. The van der Waals surface area contributed by atoms with Gasteiger partial charge < -0.3 is 14.6 Å². The van der Waals surface area contributed by atoms with Crippen LogP contribution in [0.3, 0.4) is 0 Å². The maximum Gasteiger partial charge on any atom is 0.314 e. The lowest BCUT2D eigenvalue weighted by Crippen LogP contribution is -2.13. The average Bonchev–Trinajstić information content (AvgIpc) is 2.36. The van der Waals surface area contributed by atoms with Crippen LogP contribution in [0.1, 0.15) is 18.4 Å². The van der Waals surface area contributed by atoms with Crippen molar-refractivity contribution in [1.82, 2.24) is 0 Å². The molecule has 1 heterocycles. The Morgan fingerprint density at radius 1 is 1.28 bits per heavy atom. The van der Waals surface area contributed by atoms with E-state index in [9.17, 15) is 9.59 Å². The van der Waals surface area contributed by atoms with Gasteiger partial charge in [0, 0.05) is 12.5 Å². The van der Waals surface area contributed by atoms with Gasteiger partial charge in [-0.15, -0.1) is 0 Å². The van der Waals surface area contributed by atoms with Crippen LogP contribution >= 0.6 is 0 Å². The summed E-state index contributed by atoms with van der Waals surface area (Å²) in [6, 6.07) is 7.44. The molecule has 1 aliphatic heterocycles. The predicted octanol–water partition coefficient (Wildman–Crippen LogP) is 1.87. The average molecular weight is 248 g/mol. The molecule has 1 aromatic rings. The van der Waals surface area contributed by atoms with E-state index in [0.29, 0.717) is 12.2 Å². The van der Waals surface area contributed by atoms with Gasteiger partial charge in [-0.2, -0.15) is 0 Å². The van der Waals surface area contributed by atoms with Crippen LogP contribution in [0.15, 0.2) is 36.3 Å². The number of hydrogen-bond donors (Lipinski definition) is 1. The highest BCUT2D eigenvalue weighted by Gasteiger charge is 2.16. The van der Waals surface area contributed by atoms with E-state index in [1.807, 2.05) is 18.2 Å². The number of carbonyl (C=O) groups excluding carboxylic acids is 1. The van der Waals surface area contributed by atoms with Crippen LogP contribution in [0.25, 0.3) is 0 Å². The summed E-state index contributed by atoms with van der Waals surface area (Å²) in [4.78, 5) is 21.6. The van der Waals surface area contributed by atoms with Crippen molar-refractivity contribution in [3.05, 3.63) is 41.9 Å². The third kappa shape index (κ3) is 3.10. The van der Waals surface area contributed by atoms with Crippen LogP contribution in [0, 0.1) is 0 Å². The number of esters is 1. The van der Waals surface area contributed by atoms with E-state index in [1.165, 1.54) is 0 Å². The first-order valence-corrected chi connectivity index (χ1v) is 5.53. The quantitative estimate of drug-likeness (QED) is 0.823. The summed E-state index contributed by atoms with van der Waals surface area (Å²) in [6.45, 7) is 0. The molecule has 18 heavy (non-hydrogen) atoms. The SMILES string of the molecule is O=C(O)CCC(=O)OC1=CCc2ccccc2O1. The molecule has 5 nitrogen and oxygen atoms in total. The second kappa shape index (κ2) is 5.35. The molecule has 0 fully saturated rings. The van der Waals surface area contributed by atoms with E-state index >= 15 is 0 Å². The van der Waals surface area contributed by atoms with Gasteiger partial charge in [0.05, 0.1) is 12.8 Å². The van der Waals surface area contributed by atoms with E-state index in [0.717, 1.165) is 5.56 Å². The van der Waals surface area contributed by atoms with Gasteiger partial charge in [-0.3, -0.25) is 9.59 Å². The predicted molar refractivity (Wildman–Crippen MR) is 61.8 cm³/mol. The molecule has 2 rings (SSSR count). The van der Waals surface area contributed by atoms with Crippen molar-refractivity contribution >= 4 is 11.9 Å². The van der Waals surface area contributed by atoms with Crippen molar-refractivity contribution in [1.29, 1.82) is 0 Å². The minimum absolute atomic E-state index is 0.115. The summed E-state index contributed by atoms with van der Waals surface area (Å²) < 4.78 is 10.3. The third-order valence-electron chi connectivity index (χ3n) is 2.43. The molecular formula is C13H12O5. The number of aliphatic carboxylic acids is 1. The molecule has 5 heteroatoms. The molecule has 0 amide bonds. The van der Waals surface area contributed by atoms with E-state index in [2.05, 4.69) is 0 Å². The lowest BCUT2D eigenvalue weighted by Gasteiger charge is -2.16. The molecule has 94 valence electrons. The minimum atomic E-state index is -1.03. The summed E-state index contributed by atoms with van der Waals surface area (Å²) >= 11 is 0. The first-order chi connectivity index (χ1) is 8.65. The number of rotatable bonds is 4. The molecule has 1 N–H and O–H groups in total. The van der Waals surface area contributed by atoms with Crippen molar-refractivity contribution in [3.63, 3.8) is 0 Å². The van der Waals surface area contributed by atoms with Gasteiger partial charge in [0.1, 0.15) is 5.75 Å². The fraction of sp³-hybridized carbons (Fsp3) is 0.231.